The van der Waals surface area contributed by atoms with E-state index in [1.807, 2.05) is 0 Å². The zero-order chi connectivity index (χ0) is 25.6. The molecule has 3 aromatic rings. The topological polar surface area (TPSA) is 107 Å². The van der Waals surface area contributed by atoms with Crippen molar-refractivity contribution in [1.29, 1.82) is 0 Å². The van der Waals surface area contributed by atoms with Gasteiger partial charge in [0.25, 0.3) is 0 Å². The highest BCUT2D eigenvalue weighted by Crippen LogP contribution is 2.34. The Morgan fingerprint density at radius 3 is 2.31 bits per heavy atom. The molecule has 1 heterocycles. The number of hydrogen-bond donors (Lipinski definition) is 1. The molecule has 2 aromatic carbocycles. The summed E-state index contributed by atoms with van der Waals surface area (Å²) in [5, 5.41) is 1.64. The number of nitrogens with one attached hydrogen (secondary N) is 1. The van der Waals surface area contributed by atoms with Crippen molar-refractivity contribution in [3.05, 3.63) is 60.3 Å². The summed E-state index contributed by atoms with van der Waals surface area (Å²) in [4.78, 5) is 19.3. The van der Waals surface area contributed by atoms with E-state index in [1.54, 1.807) is 36.4 Å². The number of alkyl halides is 3. The molecular weight excluding hydrogens is 487 g/mol. The molecule has 0 radical (unpaired) electrons. The van der Waals surface area contributed by atoms with E-state index >= 15 is 0 Å². The Morgan fingerprint density at radius 1 is 1.00 bits per heavy atom. The number of benzene rings is 2. The molecule has 1 amide bonds. The number of sulfone groups is 1. The van der Waals surface area contributed by atoms with Crippen LogP contribution in [-0.4, -0.2) is 44.3 Å². The number of aromatic nitrogens is 2. The van der Waals surface area contributed by atoms with Gasteiger partial charge in [0.1, 0.15) is 17.2 Å². The fraction of sp³-hybridized carbons (Fsp3) is 0.261. The first-order chi connectivity index (χ1) is 16.5. The van der Waals surface area contributed by atoms with Crippen LogP contribution in [0.3, 0.4) is 0 Å². The summed E-state index contributed by atoms with van der Waals surface area (Å²) >= 11 is 0. The zero-order valence-electron chi connectivity index (χ0n) is 18.8. The van der Waals surface area contributed by atoms with Crippen LogP contribution in [0.4, 0.5) is 18.9 Å². The average Bonchev–Trinajstić information content (AvgIpc) is 2.83. The summed E-state index contributed by atoms with van der Waals surface area (Å²) in [6.45, 7) is 0. The number of halogens is 3. The van der Waals surface area contributed by atoms with Crippen LogP contribution >= 0.6 is 0 Å². The molecule has 0 bridgehead atoms. The van der Waals surface area contributed by atoms with Crippen molar-refractivity contribution in [2.24, 2.45) is 0 Å². The molecule has 1 aromatic heterocycles. The minimum absolute atomic E-state index is 0.145. The molecule has 186 valence electrons. The van der Waals surface area contributed by atoms with Crippen LogP contribution in [0.2, 0.25) is 0 Å². The van der Waals surface area contributed by atoms with Crippen molar-refractivity contribution in [1.82, 2.24) is 9.97 Å². The summed E-state index contributed by atoms with van der Waals surface area (Å²) in [5.74, 6) is -0.249. The number of carbonyl (C=O) groups is 1. The van der Waals surface area contributed by atoms with Crippen LogP contribution < -0.4 is 14.8 Å². The van der Waals surface area contributed by atoms with Crippen molar-refractivity contribution in [3.8, 4) is 22.8 Å². The van der Waals surface area contributed by atoms with E-state index in [4.69, 9.17) is 9.47 Å². The third-order valence-corrected chi connectivity index (χ3v) is 6.41. The molecule has 0 aliphatic heterocycles. The van der Waals surface area contributed by atoms with E-state index in [2.05, 4.69) is 15.3 Å². The van der Waals surface area contributed by atoms with Crippen molar-refractivity contribution in [3.63, 3.8) is 0 Å². The van der Waals surface area contributed by atoms with Gasteiger partial charge >= 0.3 is 6.18 Å². The number of ether oxygens (including phenoxy) is 2. The molecule has 12 heteroatoms. The molecule has 8 nitrogen and oxygen atoms in total. The normalized spacial score (nSPS) is 11.7. The second-order valence-corrected chi connectivity index (χ2v) is 9.32. The molecule has 0 aliphatic carbocycles. The molecule has 0 aliphatic rings. The van der Waals surface area contributed by atoms with Gasteiger partial charge in [0.15, 0.2) is 0 Å². The fourth-order valence-corrected chi connectivity index (χ4v) is 4.30. The van der Waals surface area contributed by atoms with Crippen LogP contribution in [0.1, 0.15) is 18.5 Å². The van der Waals surface area contributed by atoms with Crippen molar-refractivity contribution in [2.45, 2.75) is 24.2 Å². The number of carbonyl (C=O) groups excluding carboxylic acids is 1. The third kappa shape index (κ3) is 6.69. The summed E-state index contributed by atoms with van der Waals surface area (Å²) in [7, 11) is -1.50. The molecule has 0 fully saturated rings. The SMILES string of the molecule is COc1ccc(NC(=O)CCCS(=O)(=O)c2nc(-c3ccccc3OC)cc(C(F)(F)F)n2)cc1. The van der Waals surface area contributed by atoms with Gasteiger partial charge in [-0.1, -0.05) is 12.1 Å². The highest BCUT2D eigenvalue weighted by Gasteiger charge is 2.35. The Morgan fingerprint density at radius 2 is 1.69 bits per heavy atom. The first-order valence-corrected chi connectivity index (χ1v) is 11.9. The number of amides is 1. The van der Waals surface area contributed by atoms with Crippen LogP contribution in [0, 0.1) is 0 Å². The molecule has 3 rings (SSSR count). The number of methoxy groups -OCH3 is 2. The van der Waals surface area contributed by atoms with Gasteiger partial charge in [-0.25, -0.2) is 18.4 Å². The number of hydrogen-bond acceptors (Lipinski definition) is 7. The maximum absolute atomic E-state index is 13.5. The Balaban J connectivity index is 1.78. The van der Waals surface area contributed by atoms with Crippen molar-refractivity contribution in [2.75, 3.05) is 25.3 Å². The molecule has 0 saturated carbocycles. The maximum Gasteiger partial charge on any atom is 0.433 e. The minimum Gasteiger partial charge on any atom is -0.497 e. The van der Waals surface area contributed by atoms with Crippen molar-refractivity contribution < 1.29 is 35.9 Å². The monoisotopic (exact) mass is 509 g/mol. The van der Waals surface area contributed by atoms with Gasteiger partial charge in [-0.3, -0.25) is 4.79 Å². The lowest BCUT2D eigenvalue weighted by Gasteiger charge is -2.13. The quantitative estimate of drug-likeness (QED) is 0.427. The standard InChI is InChI=1S/C23H22F3N3O5S/c1-33-16-11-9-15(10-12-16)27-21(30)8-5-13-35(31,32)22-28-18(14-20(29-22)23(24,25)26)17-6-3-4-7-19(17)34-2/h3-4,6-7,9-12,14H,5,8,13H2,1-2H3,(H,27,30). The number of anilines is 1. The predicted molar refractivity (Wildman–Crippen MR) is 122 cm³/mol. The van der Waals surface area contributed by atoms with E-state index in [9.17, 15) is 26.4 Å². The lowest BCUT2D eigenvalue weighted by Crippen LogP contribution is -2.18. The molecular formula is C23H22F3N3O5S. The van der Waals surface area contributed by atoms with Gasteiger partial charge in [0, 0.05) is 17.7 Å². The molecule has 0 atom stereocenters. The largest absolute Gasteiger partial charge is 0.497 e. The van der Waals surface area contributed by atoms with E-state index < -0.39 is 38.5 Å². The average molecular weight is 510 g/mol. The maximum atomic E-state index is 13.5. The van der Waals surface area contributed by atoms with E-state index in [-0.39, 0.29) is 29.8 Å². The third-order valence-electron chi connectivity index (χ3n) is 4.85. The Hall–Kier alpha value is -3.67. The summed E-state index contributed by atoms with van der Waals surface area (Å²) in [5.41, 5.74) is -0.982. The summed E-state index contributed by atoms with van der Waals surface area (Å²) < 4.78 is 76.2. The molecule has 0 spiro atoms. The highest BCUT2D eigenvalue weighted by molar-refractivity contribution is 7.91. The molecule has 1 N–H and O–H groups in total. The van der Waals surface area contributed by atoms with Gasteiger partial charge in [-0.15, -0.1) is 0 Å². The fourth-order valence-electron chi connectivity index (χ4n) is 3.12. The predicted octanol–water partition coefficient (Wildman–Crippen LogP) is 4.37. The van der Waals surface area contributed by atoms with Gasteiger partial charge in [0.05, 0.1) is 25.7 Å². The lowest BCUT2D eigenvalue weighted by atomic mass is 10.1. The van der Waals surface area contributed by atoms with E-state index in [0.29, 0.717) is 17.5 Å². The first-order valence-electron chi connectivity index (χ1n) is 10.3. The lowest BCUT2D eigenvalue weighted by molar-refractivity contribution is -0.141. The van der Waals surface area contributed by atoms with Gasteiger partial charge in [-0.2, -0.15) is 13.2 Å². The van der Waals surface area contributed by atoms with Crippen LogP contribution in [-0.2, 0) is 20.8 Å². The van der Waals surface area contributed by atoms with Crippen LogP contribution in [0.5, 0.6) is 11.5 Å². The minimum atomic E-state index is -4.90. The molecule has 0 unspecified atom stereocenters. The van der Waals surface area contributed by atoms with E-state index in [1.165, 1.54) is 26.4 Å². The second-order valence-electron chi connectivity index (χ2n) is 7.32. The number of nitrogens with zero attached hydrogens (tertiary/aromatic N) is 2. The second kappa shape index (κ2) is 10.7. The zero-order valence-corrected chi connectivity index (χ0v) is 19.6. The Bertz CT molecular complexity index is 1300. The van der Waals surface area contributed by atoms with Gasteiger partial charge in [0.2, 0.25) is 20.9 Å². The van der Waals surface area contributed by atoms with Crippen LogP contribution in [0.15, 0.2) is 59.8 Å². The number of rotatable bonds is 9. The van der Waals surface area contributed by atoms with Crippen molar-refractivity contribution >= 4 is 21.4 Å². The summed E-state index contributed by atoms with van der Waals surface area (Å²) in [6, 6.07) is 13.3. The Kier molecular flexibility index (Phi) is 7.95. The van der Waals surface area contributed by atoms with Gasteiger partial charge in [-0.05, 0) is 48.9 Å². The smallest absolute Gasteiger partial charge is 0.433 e. The Labute approximate surface area is 200 Å². The summed E-state index contributed by atoms with van der Waals surface area (Å²) in [6.07, 6.45) is -5.22. The highest BCUT2D eigenvalue weighted by atomic mass is 32.2. The molecule has 35 heavy (non-hydrogen) atoms. The van der Waals surface area contributed by atoms with Gasteiger partial charge < -0.3 is 14.8 Å². The van der Waals surface area contributed by atoms with E-state index in [0.717, 1.165) is 0 Å². The van der Waals surface area contributed by atoms with Crippen LogP contribution in [0.25, 0.3) is 11.3 Å². The first kappa shape index (κ1) is 25.9. The number of para-hydroxylation sites is 1. The molecule has 0 saturated heterocycles.